The monoisotopic (exact) mass is 354 g/mol. The van der Waals surface area contributed by atoms with Crippen molar-refractivity contribution in [1.82, 2.24) is 9.78 Å². The number of ether oxygens (including phenoxy) is 1. The van der Waals surface area contributed by atoms with E-state index in [4.69, 9.17) is 10.00 Å². The highest BCUT2D eigenvalue weighted by molar-refractivity contribution is 7.92. The number of nitrogens with one attached hydrogen (secondary N) is 1. The first kappa shape index (κ1) is 16.5. The molecular weight excluding hydrogens is 340 g/mol. The molecule has 1 heterocycles. The summed E-state index contributed by atoms with van der Waals surface area (Å²) in [5, 5.41) is 13.2. The first-order valence-electron chi connectivity index (χ1n) is 7.24. The van der Waals surface area contributed by atoms with Crippen LogP contribution in [0.4, 0.5) is 5.69 Å². The summed E-state index contributed by atoms with van der Waals surface area (Å²) in [5.41, 5.74) is 1.37. The van der Waals surface area contributed by atoms with E-state index in [1.54, 1.807) is 47.4 Å². The van der Waals surface area contributed by atoms with Crippen LogP contribution in [0.25, 0.3) is 5.69 Å². The van der Waals surface area contributed by atoms with Crippen LogP contribution in [0, 0.1) is 11.3 Å². The van der Waals surface area contributed by atoms with Gasteiger partial charge in [-0.1, -0.05) is 0 Å². The lowest BCUT2D eigenvalue weighted by atomic mass is 10.2. The Morgan fingerprint density at radius 3 is 2.56 bits per heavy atom. The van der Waals surface area contributed by atoms with Gasteiger partial charge in [-0.05, 0) is 48.5 Å². The second-order valence-corrected chi connectivity index (χ2v) is 6.76. The third kappa shape index (κ3) is 3.46. The molecule has 0 saturated carbocycles. The normalized spacial score (nSPS) is 10.9. The first-order valence-corrected chi connectivity index (χ1v) is 8.73. The number of benzene rings is 2. The maximum absolute atomic E-state index is 12.5. The lowest BCUT2D eigenvalue weighted by molar-refractivity contribution is 0.413. The molecule has 0 aliphatic rings. The van der Waals surface area contributed by atoms with Gasteiger partial charge in [0.15, 0.2) is 0 Å². The average molecular weight is 354 g/mol. The van der Waals surface area contributed by atoms with Crippen molar-refractivity contribution in [2.24, 2.45) is 0 Å². The fraction of sp³-hybridized carbons (Fsp3) is 0.0588. The second-order valence-electron chi connectivity index (χ2n) is 5.08. The molecule has 1 aromatic heterocycles. The summed E-state index contributed by atoms with van der Waals surface area (Å²) in [6.45, 7) is 0. The number of rotatable bonds is 5. The van der Waals surface area contributed by atoms with E-state index in [1.165, 1.54) is 25.3 Å². The number of nitriles is 1. The summed E-state index contributed by atoms with van der Waals surface area (Å²) in [6.07, 6.45) is 3.45. The predicted molar refractivity (Wildman–Crippen MR) is 92.1 cm³/mol. The third-order valence-corrected chi connectivity index (χ3v) is 4.87. The van der Waals surface area contributed by atoms with E-state index < -0.39 is 10.0 Å². The lowest BCUT2D eigenvalue weighted by Gasteiger charge is -2.10. The highest BCUT2D eigenvalue weighted by Gasteiger charge is 2.17. The molecule has 25 heavy (non-hydrogen) atoms. The van der Waals surface area contributed by atoms with Gasteiger partial charge in [0.25, 0.3) is 10.0 Å². The fourth-order valence-corrected chi connectivity index (χ4v) is 3.34. The minimum Gasteiger partial charge on any atom is -0.495 e. The summed E-state index contributed by atoms with van der Waals surface area (Å²) in [7, 11) is -2.40. The van der Waals surface area contributed by atoms with E-state index >= 15 is 0 Å². The summed E-state index contributed by atoms with van der Waals surface area (Å²) < 4.78 is 34.2. The van der Waals surface area contributed by atoms with Crippen LogP contribution in [0.2, 0.25) is 0 Å². The van der Waals surface area contributed by atoms with E-state index in [0.717, 1.165) is 5.69 Å². The Labute approximate surface area is 145 Å². The molecular formula is C17H14N4O3S. The Bertz CT molecular complexity index is 1020. The van der Waals surface area contributed by atoms with Gasteiger partial charge in [0.2, 0.25) is 0 Å². The molecule has 0 atom stereocenters. The molecule has 0 unspecified atom stereocenters. The minimum absolute atomic E-state index is 0.0130. The molecule has 8 heteroatoms. The van der Waals surface area contributed by atoms with Gasteiger partial charge in [-0.25, -0.2) is 13.1 Å². The van der Waals surface area contributed by atoms with Crippen LogP contribution >= 0.6 is 0 Å². The molecule has 0 spiro atoms. The molecule has 7 nitrogen and oxygen atoms in total. The molecule has 0 saturated heterocycles. The van der Waals surface area contributed by atoms with Crippen LogP contribution in [0.5, 0.6) is 5.75 Å². The van der Waals surface area contributed by atoms with Crippen LogP contribution < -0.4 is 9.46 Å². The van der Waals surface area contributed by atoms with E-state index in [-0.39, 0.29) is 10.5 Å². The number of aromatic nitrogens is 2. The maximum Gasteiger partial charge on any atom is 0.261 e. The van der Waals surface area contributed by atoms with Gasteiger partial charge in [-0.2, -0.15) is 10.4 Å². The van der Waals surface area contributed by atoms with Gasteiger partial charge < -0.3 is 4.74 Å². The summed E-state index contributed by atoms with van der Waals surface area (Å²) >= 11 is 0. The number of anilines is 1. The van der Waals surface area contributed by atoms with Crippen LogP contribution in [0.3, 0.4) is 0 Å². The zero-order chi connectivity index (χ0) is 17.9. The smallest absolute Gasteiger partial charge is 0.261 e. The van der Waals surface area contributed by atoms with Crippen LogP contribution in [0.1, 0.15) is 5.56 Å². The van der Waals surface area contributed by atoms with E-state index in [1.807, 2.05) is 6.07 Å². The molecule has 0 radical (unpaired) electrons. The fourth-order valence-electron chi connectivity index (χ4n) is 2.26. The minimum atomic E-state index is -3.82. The van der Waals surface area contributed by atoms with Crippen molar-refractivity contribution in [2.45, 2.75) is 4.90 Å². The molecule has 0 aliphatic carbocycles. The number of sulfonamides is 1. The second kappa shape index (κ2) is 6.67. The van der Waals surface area contributed by atoms with Crippen molar-refractivity contribution >= 4 is 15.7 Å². The number of hydrogen-bond acceptors (Lipinski definition) is 5. The van der Waals surface area contributed by atoms with Crippen molar-refractivity contribution in [2.75, 3.05) is 11.8 Å². The van der Waals surface area contributed by atoms with E-state index in [0.29, 0.717) is 11.4 Å². The maximum atomic E-state index is 12.5. The zero-order valence-electron chi connectivity index (χ0n) is 13.2. The van der Waals surface area contributed by atoms with Crippen molar-refractivity contribution in [3.63, 3.8) is 0 Å². The Morgan fingerprint density at radius 1 is 1.20 bits per heavy atom. The van der Waals surface area contributed by atoms with Gasteiger partial charge >= 0.3 is 0 Å². The predicted octanol–water partition coefficient (Wildman–Crippen LogP) is 2.55. The van der Waals surface area contributed by atoms with Gasteiger partial charge in [0, 0.05) is 18.1 Å². The molecule has 3 aromatic rings. The molecule has 126 valence electrons. The molecule has 0 fully saturated rings. The number of methoxy groups -OCH3 is 1. The molecule has 3 rings (SSSR count). The summed E-state index contributed by atoms with van der Waals surface area (Å²) in [6, 6.07) is 14.6. The zero-order valence-corrected chi connectivity index (χ0v) is 14.1. The molecule has 0 bridgehead atoms. The van der Waals surface area contributed by atoms with Crippen LogP contribution in [-0.4, -0.2) is 25.3 Å². The average Bonchev–Trinajstić information content (AvgIpc) is 3.16. The van der Waals surface area contributed by atoms with Crippen LogP contribution in [0.15, 0.2) is 65.8 Å². The molecule has 1 N–H and O–H groups in total. The summed E-state index contributed by atoms with van der Waals surface area (Å²) in [5.74, 6) is 0.324. The van der Waals surface area contributed by atoms with E-state index in [9.17, 15) is 8.42 Å². The molecule has 0 aliphatic heterocycles. The summed E-state index contributed by atoms with van der Waals surface area (Å²) in [4.78, 5) is -0.0130. The van der Waals surface area contributed by atoms with Crippen molar-refractivity contribution < 1.29 is 13.2 Å². The standard InChI is InChI=1S/C17H14N4O3S/c1-24-17-8-7-16(11-13(17)12-18)25(22,23)20-14-3-5-15(6-4-14)21-10-2-9-19-21/h2-11,20H,1H3. The molecule has 2 aromatic carbocycles. The Kier molecular flexibility index (Phi) is 4.41. The quantitative estimate of drug-likeness (QED) is 0.759. The highest BCUT2D eigenvalue weighted by atomic mass is 32.2. The Morgan fingerprint density at radius 2 is 1.96 bits per heavy atom. The van der Waals surface area contributed by atoms with Gasteiger partial charge in [-0.15, -0.1) is 0 Å². The largest absolute Gasteiger partial charge is 0.495 e. The van der Waals surface area contributed by atoms with Gasteiger partial charge in [0.05, 0.1) is 23.3 Å². The van der Waals surface area contributed by atoms with Gasteiger partial charge in [0.1, 0.15) is 11.8 Å². The number of nitrogens with zero attached hydrogens (tertiary/aromatic N) is 3. The van der Waals surface area contributed by atoms with Crippen LogP contribution in [-0.2, 0) is 10.0 Å². The topological polar surface area (TPSA) is 97.0 Å². The first-order chi connectivity index (χ1) is 12.0. The Balaban J connectivity index is 1.85. The van der Waals surface area contributed by atoms with Crippen molar-refractivity contribution in [3.05, 3.63) is 66.5 Å². The van der Waals surface area contributed by atoms with Crippen molar-refractivity contribution in [1.29, 1.82) is 5.26 Å². The SMILES string of the molecule is COc1ccc(S(=O)(=O)Nc2ccc(-n3cccn3)cc2)cc1C#N. The third-order valence-electron chi connectivity index (χ3n) is 3.49. The molecule has 0 amide bonds. The Hall–Kier alpha value is -3.31. The lowest BCUT2D eigenvalue weighted by Crippen LogP contribution is -2.13. The number of hydrogen-bond donors (Lipinski definition) is 1. The highest BCUT2D eigenvalue weighted by Crippen LogP contribution is 2.23. The van der Waals surface area contributed by atoms with Gasteiger partial charge in [-0.3, -0.25) is 4.72 Å². The van der Waals surface area contributed by atoms with Crippen molar-refractivity contribution in [3.8, 4) is 17.5 Å². The van der Waals surface area contributed by atoms with E-state index in [2.05, 4.69) is 9.82 Å².